The molecule has 8 heteroatoms. The number of aromatic nitrogens is 2. The Morgan fingerprint density at radius 3 is 2.61 bits per heavy atom. The first-order valence-corrected chi connectivity index (χ1v) is 9.74. The maximum Gasteiger partial charge on any atom is 0.321 e. The molecule has 1 aliphatic heterocycles. The first kappa shape index (κ1) is 18.3. The van der Waals surface area contributed by atoms with E-state index in [-0.39, 0.29) is 17.9 Å². The summed E-state index contributed by atoms with van der Waals surface area (Å²) in [5.41, 5.74) is 0.693. The van der Waals surface area contributed by atoms with Crippen LogP contribution in [0.1, 0.15) is 12.8 Å². The van der Waals surface area contributed by atoms with E-state index in [4.69, 9.17) is 4.74 Å². The smallest absolute Gasteiger partial charge is 0.321 e. The Morgan fingerprint density at radius 1 is 1.11 bits per heavy atom. The molecule has 2 aliphatic rings. The molecule has 8 nitrogen and oxygen atoms in total. The molecular weight excluding hydrogens is 358 g/mol. The lowest BCUT2D eigenvalue weighted by atomic mass is 10.2. The molecule has 148 valence electrons. The summed E-state index contributed by atoms with van der Waals surface area (Å²) in [4.78, 5) is 28.3. The molecule has 2 fully saturated rings. The van der Waals surface area contributed by atoms with Gasteiger partial charge in [0, 0.05) is 56.2 Å². The number of anilines is 1. The molecular formula is C20H25N5O3. The second kappa shape index (κ2) is 8.33. The van der Waals surface area contributed by atoms with Gasteiger partial charge in [-0.05, 0) is 31.0 Å². The summed E-state index contributed by atoms with van der Waals surface area (Å²) >= 11 is 0. The molecule has 3 amide bonds. The number of nitrogens with zero attached hydrogens (tertiary/aromatic N) is 4. The second-order valence-corrected chi connectivity index (χ2v) is 7.16. The second-order valence-electron chi connectivity index (χ2n) is 7.16. The van der Waals surface area contributed by atoms with Gasteiger partial charge in [0.15, 0.2) is 0 Å². The van der Waals surface area contributed by atoms with Crippen molar-refractivity contribution in [1.29, 1.82) is 0 Å². The van der Waals surface area contributed by atoms with Crippen molar-refractivity contribution in [3.8, 4) is 5.75 Å². The largest absolute Gasteiger partial charge is 0.492 e. The fourth-order valence-electron chi connectivity index (χ4n) is 3.27. The summed E-state index contributed by atoms with van der Waals surface area (Å²) in [6.45, 7) is 3.50. The Balaban J connectivity index is 1.24. The van der Waals surface area contributed by atoms with Crippen LogP contribution in [-0.4, -0.2) is 64.3 Å². The van der Waals surface area contributed by atoms with Crippen molar-refractivity contribution in [1.82, 2.24) is 19.6 Å². The van der Waals surface area contributed by atoms with Gasteiger partial charge in [0.25, 0.3) is 0 Å². The zero-order chi connectivity index (χ0) is 19.3. The number of hydrogen-bond acceptors (Lipinski definition) is 4. The fourth-order valence-corrected chi connectivity index (χ4v) is 3.27. The number of nitrogens with one attached hydrogen (secondary N) is 1. The Labute approximate surface area is 164 Å². The minimum atomic E-state index is -0.146. The molecule has 0 unspecified atom stereocenters. The molecule has 4 rings (SSSR count). The maximum atomic E-state index is 12.5. The van der Waals surface area contributed by atoms with Gasteiger partial charge in [-0.2, -0.15) is 5.10 Å². The van der Waals surface area contributed by atoms with Crippen LogP contribution in [0.4, 0.5) is 10.5 Å². The Morgan fingerprint density at radius 2 is 1.89 bits per heavy atom. The van der Waals surface area contributed by atoms with Gasteiger partial charge in [-0.3, -0.25) is 9.48 Å². The first-order chi connectivity index (χ1) is 13.7. The minimum absolute atomic E-state index is 0.146. The standard InChI is InChI=1S/C20H25N5O3/c26-19(16-5-6-16)23-9-11-24(12-10-23)20(27)22-17-3-1-4-18(15-17)28-14-13-25-8-2-7-21-25/h1-4,7-8,15-16H,5-6,9-14H2,(H,22,27). The van der Waals surface area contributed by atoms with Gasteiger partial charge < -0.3 is 19.9 Å². The predicted molar refractivity (Wildman–Crippen MR) is 104 cm³/mol. The van der Waals surface area contributed by atoms with E-state index in [2.05, 4.69) is 10.4 Å². The fraction of sp³-hybridized carbons (Fsp3) is 0.450. The monoisotopic (exact) mass is 383 g/mol. The molecule has 1 aliphatic carbocycles. The van der Waals surface area contributed by atoms with Crippen LogP contribution in [0.3, 0.4) is 0 Å². The number of benzene rings is 1. The zero-order valence-electron chi connectivity index (χ0n) is 15.8. The van der Waals surface area contributed by atoms with Gasteiger partial charge in [-0.25, -0.2) is 4.79 Å². The predicted octanol–water partition coefficient (Wildman–Crippen LogP) is 2.05. The number of urea groups is 1. The van der Waals surface area contributed by atoms with Gasteiger partial charge in [0.1, 0.15) is 12.4 Å². The van der Waals surface area contributed by atoms with Crippen molar-refractivity contribution in [2.45, 2.75) is 19.4 Å². The molecule has 1 aromatic carbocycles. The van der Waals surface area contributed by atoms with Gasteiger partial charge in [0.2, 0.25) is 5.91 Å². The Bertz CT molecular complexity index is 811. The number of carbonyl (C=O) groups is 2. The number of ether oxygens (including phenoxy) is 1. The third kappa shape index (κ3) is 4.62. The molecule has 1 saturated heterocycles. The van der Waals surface area contributed by atoms with E-state index >= 15 is 0 Å². The van der Waals surface area contributed by atoms with Crippen molar-refractivity contribution in [2.75, 3.05) is 38.1 Å². The third-order valence-corrected chi connectivity index (χ3v) is 5.04. The lowest BCUT2D eigenvalue weighted by molar-refractivity contribution is -0.133. The molecule has 0 bridgehead atoms. The topological polar surface area (TPSA) is 79.7 Å². The number of carbonyl (C=O) groups excluding carboxylic acids is 2. The normalized spacial score (nSPS) is 16.7. The van der Waals surface area contributed by atoms with E-state index in [9.17, 15) is 9.59 Å². The van der Waals surface area contributed by atoms with E-state index < -0.39 is 0 Å². The van der Waals surface area contributed by atoms with Crippen LogP contribution >= 0.6 is 0 Å². The molecule has 0 atom stereocenters. The van der Waals surface area contributed by atoms with Gasteiger partial charge >= 0.3 is 6.03 Å². The number of rotatable bonds is 6. The van der Waals surface area contributed by atoms with Crippen molar-refractivity contribution in [3.05, 3.63) is 42.7 Å². The molecule has 0 radical (unpaired) electrons. The first-order valence-electron chi connectivity index (χ1n) is 9.74. The Kier molecular flexibility index (Phi) is 5.45. The highest BCUT2D eigenvalue weighted by Gasteiger charge is 2.35. The van der Waals surface area contributed by atoms with Crippen molar-refractivity contribution < 1.29 is 14.3 Å². The van der Waals surface area contributed by atoms with Gasteiger partial charge in [0.05, 0.1) is 6.54 Å². The summed E-state index contributed by atoms with van der Waals surface area (Å²) < 4.78 is 7.55. The van der Waals surface area contributed by atoms with Gasteiger partial charge in [-0.15, -0.1) is 0 Å². The van der Waals surface area contributed by atoms with Crippen LogP contribution < -0.4 is 10.1 Å². The zero-order valence-corrected chi connectivity index (χ0v) is 15.8. The van der Waals surface area contributed by atoms with Crippen LogP contribution in [0.15, 0.2) is 42.7 Å². The summed E-state index contributed by atoms with van der Waals surface area (Å²) in [6.07, 6.45) is 5.65. The average Bonchev–Trinajstić information content (AvgIpc) is 3.44. The average molecular weight is 383 g/mol. The minimum Gasteiger partial charge on any atom is -0.492 e. The number of piperazine rings is 1. The SMILES string of the molecule is O=C(Nc1cccc(OCCn2cccn2)c1)N1CCN(C(=O)C2CC2)CC1. The van der Waals surface area contributed by atoms with Crippen LogP contribution in [0.25, 0.3) is 0 Å². The summed E-state index contributed by atoms with van der Waals surface area (Å²) in [7, 11) is 0. The third-order valence-electron chi connectivity index (χ3n) is 5.04. The number of hydrogen-bond donors (Lipinski definition) is 1. The highest BCUT2D eigenvalue weighted by molar-refractivity contribution is 5.90. The number of amides is 3. The molecule has 0 spiro atoms. The highest BCUT2D eigenvalue weighted by Crippen LogP contribution is 2.31. The Hall–Kier alpha value is -3.03. The van der Waals surface area contributed by atoms with Crippen LogP contribution in [0, 0.1) is 5.92 Å². The maximum absolute atomic E-state index is 12.5. The summed E-state index contributed by atoms with van der Waals surface area (Å²) in [6, 6.07) is 9.09. The van der Waals surface area contributed by atoms with E-state index in [0.717, 1.165) is 12.8 Å². The quantitative estimate of drug-likeness (QED) is 0.828. The molecule has 1 saturated carbocycles. The van der Waals surface area contributed by atoms with Crippen molar-refractivity contribution in [3.63, 3.8) is 0 Å². The van der Waals surface area contributed by atoms with Crippen LogP contribution in [-0.2, 0) is 11.3 Å². The van der Waals surface area contributed by atoms with Crippen molar-refractivity contribution >= 4 is 17.6 Å². The summed E-state index contributed by atoms with van der Waals surface area (Å²) in [5.74, 6) is 1.18. The van der Waals surface area contributed by atoms with Gasteiger partial charge in [-0.1, -0.05) is 6.07 Å². The van der Waals surface area contributed by atoms with Crippen LogP contribution in [0.5, 0.6) is 5.75 Å². The lowest BCUT2D eigenvalue weighted by Crippen LogP contribution is -2.52. The molecule has 1 aromatic heterocycles. The van der Waals surface area contributed by atoms with E-state index in [1.165, 1.54) is 0 Å². The molecule has 2 aromatic rings. The van der Waals surface area contributed by atoms with E-state index in [0.29, 0.717) is 50.8 Å². The summed E-state index contributed by atoms with van der Waals surface area (Å²) in [5, 5.41) is 7.06. The van der Waals surface area contributed by atoms with Crippen molar-refractivity contribution in [2.24, 2.45) is 5.92 Å². The van der Waals surface area contributed by atoms with E-state index in [1.54, 1.807) is 15.8 Å². The van der Waals surface area contributed by atoms with E-state index in [1.807, 2.05) is 41.4 Å². The molecule has 2 heterocycles. The molecule has 28 heavy (non-hydrogen) atoms. The van der Waals surface area contributed by atoms with Crippen LogP contribution in [0.2, 0.25) is 0 Å². The lowest BCUT2D eigenvalue weighted by Gasteiger charge is -2.34. The highest BCUT2D eigenvalue weighted by atomic mass is 16.5. The molecule has 1 N–H and O–H groups in total.